The fourth-order valence-corrected chi connectivity index (χ4v) is 3.55. The van der Waals surface area contributed by atoms with Gasteiger partial charge >= 0.3 is 5.97 Å². The van der Waals surface area contributed by atoms with Gasteiger partial charge in [0, 0.05) is 23.9 Å². The van der Waals surface area contributed by atoms with E-state index in [0.29, 0.717) is 16.8 Å². The van der Waals surface area contributed by atoms with E-state index in [1.54, 1.807) is 12.1 Å². The van der Waals surface area contributed by atoms with E-state index in [1.807, 2.05) is 60.7 Å². The Morgan fingerprint density at radius 1 is 0.829 bits per heavy atom. The maximum Gasteiger partial charge on any atom is 0.329 e. The zero-order chi connectivity index (χ0) is 25.6. The molecule has 35 heavy (non-hydrogen) atoms. The van der Waals surface area contributed by atoms with Gasteiger partial charge in [-0.1, -0.05) is 49.7 Å². The molecule has 0 aliphatic rings. The number of nitrogens with zero attached hydrogens (tertiary/aromatic N) is 1. The number of aliphatic carboxylic acids is 1. The van der Waals surface area contributed by atoms with Crippen molar-refractivity contribution in [2.24, 2.45) is 0 Å². The summed E-state index contributed by atoms with van der Waals surface area (Å²) in [6, 6.07) is 22.2. The van der Waals surface area contributed by atoms with Gasteiger partial charge in [0.2, 0.25) is 0 Å². The third kappa shape index (κ3) is 6.15. The Labute approximate surface area is 206 Å². The van der Waals surface area contributed by atoms with Crippen molar-refractivity contribution in [2.45, 2.75) is 45.6 Å². The Bertz CT molecular complexity index is 1180. The summed E-state index contributed by atoms with van der Waals surface area (Å²) in [7, 11) is 1.48. The van der Waals surface area contributed by atoms with E-state index in [9.17, 15) is 19.5 Å². The van der Waals surface area contributed by atoms with Gasteiger partial charge in [-0.15, -0.1) is 0 Å². The van der Waals surface area contributed by atoms with E-state index < -0.39 is 11.5 Å². The van der Waals surface area contributed by atoms with Crippen LogP contribution in [0.4, 0.5) is 5.69 Å². The number of carboxylic acids is 1. The molecule has 6 nitrogen and oxygen atoms in total. The molecule has 0 spiro atoms. The number of aryl methyl sites for hydroxylation is 1. The number of unbranched alkanes of at least 4 members (excludes halogenated alkanes) is 1. The monoisotopic (exact) mass is 472 g/mol. The molecule has 0 saturated heterocycles. The number of nitrogens with one attached hydrogen (secondary N) is 1. The number of amides is 2. The Morgan fingerprint density at radius 3 is 1.86 bits per heavy atom. The summed E-state index contributed by atoms with van der Waals surface area (Å²) in [5, 5.41) is 12.3. The molecule has 182 valence electrons. The molecule has 0 radical (unpaired) electrons. The van der Waals surface area contributed by atoms with Crippen molar-refractivity contribution in [2.75, 3.05) is 12.4 Å². The molecule has 0 atom stereocenters. The molecule has 0 unspecified atom stereocenters. The van der Waals surface area contributed by atoms with Gasteiger partial charge in [0.05, 0.1) is 0 Å². The van der Waals surface area contributed by atoms with Gasteiger partial charge in [0.15, 0.2) is 0 Å². The lowest BCUT2D eigenvalue weighted by Gasteiger charge is -2.31. The molecule has 2 amide bonds. The molecular weight excluding hydrogens is 440 g/mol. The second-order valence-electron chi connectivity index (χ2n) is 9.14. The largest absolute Gasteiger partial charge is 0.480 e. The summed E-state index contributed by atoms with van der Waals surface area (Å²) < 4.78 is 0. The molecule has 0 aliphatic heterocycles. The van der Waals surface area contributed by atoms with E-state index in [1.165, 1.54) is 31.4 Å². The number of benzene rings is 3. The summed E-state index contributed by atoms with van der Waals surface area (Å²) in [4.78, 5) is 37.9. The zero-order valence-electron chi connectivity index (χ0n) is 20.7. The smallest absolute Gasteiger partial charge is 0.329 e. The van der Waals surface area contributed by atoms with Crippen molar-refractivity contribution in [3.63, 3.8) is 0 Å². The number of carbonyl (C=O) groups excluding carboxylic acids is 2. The normalized spacial score (nSPS) is 11.1. The van der Waals surface area contributed by atoms with Gasteiger partial charge in [-0.3, -0.25) is 9.59 Å². The van der Waals surface area contributed by atoms with Crippen LogP contribution < -0.4 is 5.32 Å². The number of hydrogen-bond donors (Lipinski definition) is 2. The highest BCUT2D eigenvalue weighted by Gasteiger charge is 2.35. The number of rotatable bonds is 9. The van der Waals surface area contributed by atoms with Crippen LogP contribution in [-0.2, 0) is 11.2 Å². The van der Waals surface area contributed by atoms with Crippen LogP contribution in [0.5, 0.6) is 0 Å². The molecule has 0 heterocycles. The highest BCUT2D eigenvalue weighted by atomic mass is 16.4. The number of likely N-dealkylation sites (N-methyl/N-ethyl adjacent to an activating group) is 1. The predicted octanol–water partition coefficient (Wildman–Crippen LogP) is 5.88. The third-order valence-corrected chi connectivity index (χ3v) is 6.31. The molecule has 0 saturated carbocycles. The van der Waals surface area contributed by atoms with Gasteiger partial charge in [-0.05, 0) is 79.8 Å². The standard InChI is InChI=1S/C29H32N2O4/c1-5-6-7-20-8-10-23(11-9-20)26(32)30-25-18-16-22(17-19-25)21-12-14-24(15-13-21)27(33)31(4)29(2,3)28(34)35/h8-19H,5-7H2,1-4H3,(H,30,32)(H,34,35). The summed E-state index contributed by atoms with van der Waals surface area (Å²) in [5.41, 5.74) is 3.48. The van der Waals surface area contributed by atoms with E-state index in [4.69, 9.17) is 0 Å². The van der Waals surface area contributed by atoms with Crippen LogP contribution in [0.25, 0.3) is 11.1 Å². The fourth-order valence-electron chi connectivity index (χ4n) is 3.55. The lowest BCUT2D eigenvalue weighted by molar-refractivity contribution is -0.147. The first kappa shape index (κ1) is 25.7. The minimum absolute atomic E-state index is 0.156. The quantitative estimate of drug-likeness (QED) is 0.407. The number of carboxylic acid groups (broad SMARTS) is 1. The van der Waals surface area contributed by atoms with Gasteiger partial charge in [-0.2, -0.15) is 0 Å². The van der Waals surface area contributed by atoms with Gasteiger partial charge in [0.25, 0.3) is 11.8 Å². The fraction of sp³-hybridized carbons (Fsp3) is 0.276. The van der Waals surface area contributed by atoms with Crippen LogP contribution in [0.3, 0.4) is 0 Å². The first-order chi connectivity index (χ1) is 16.6. The Hall–Kier alpha value is -3.93. The Morgan fingerprint density at radius 2 is 1.34 bits per heavy atom. The second kappa shape index (κ2) is 11.0. The van der Waals surface area contributed by atoms with Crippen LogP contribution in [0.2, 0.25) is 0 Å². The summed E-state index contributed by atoms with van der Waals surface area (Å²) >= 11 is 0. The average molecular weight is 473 g/mol. The van der Waals surface area contributed by atoms with E-state index in [0.717, 1.165) is 30.4 Å². The van der Waals surface area contributed by atoms with E-state index in [2.05, 4.69) is 12.2 Å². The molecule has 3 rings (SSSR count). The molecule has 0 bridgehead atoms. The second-order valence-corrected chi connectivity index (χ2v) is 9.14. The molecule has 3 aromatic rings. The third-order valence-electron chi connectivity index (χ3n) is 6.31. The molecule has 3 aromatic carbocycles. The Kier molecular flexibility index (Phi) is 8.07. The van der Waals surface area contributed by atoms with Gasteiger partial charge in [-0.25, -0.2) is 4.79 Å². The molecule has 0 fully saturated rings. The topological polar surface area (TPSA) is 86.7 Å². The predicted molar refractivity (Wildman–Crippen MR) is 139 cm³/mol. The highest BCUT2D eigenvalue weighted by Crippen LogP contribution is 2.24. The highest BCUT2D eigenvalue weighted by molar-refractivity contribution is 6.04. The van der Waals surface area contributed by atoms with Crippen molar-refractivity contribution < 1.29 is 19.5 Å². The van der Waals surface area contributed by atoms with Crippen molar-refractivity contribution in [3.8, 4) is 11.1 Å². The van der Waals surface area contributed by atoms with E-state index in [-0.39, 0.29) is 11.8 Å². The van der Waals surface area contributed by atoms with Crippen LogP contribution in [0.1, 0.15) is 59.9 Å². The maximum atomic E-state index is 12.7. The summed E-state index contributed by atoms with van der Waals surface area (Å²) in [6.45, 7) is 5.14. The van der Waals surface area contributed by atoms with Crippen LogP contribution in [-0.4, -0.2) is 40.4 Å². The van der Waals surface area contributed by atoms with Crippen molar-refractivity contribution in [3.05, 3.63) is 89.5 Å². The average Bonchev–Trinajstić information content (AvgIpc) is 2.87. The molecule has 6 heteroatoms. The first-order valence-corrected chi connectivity index (χ1v) is 11.8. The van der Waals surface area contributed by atoms with Crippen LogP contribution in [0, 0.1) is 0 Å². The van der Waals surface area contributed by atoms with Gasteiger partial charge in [0.1, 0.15) is 5.54 Å². The van der Waals surface area contributed by atoms with Crippen molar-refractivity contribution in [1.29, 1.82) is 0 Å². The maximum absolute atomic E-state index is 12.7. The number of hydrogen-bond acceptors (Lipinski definition) is 3. The van der Waals surface area contributed by atoms with Crippen LogP contribution >= 0.6 is 0 Å². The van der Waals surface area contributed by atoms with Crippen LogP contribution in [0.15, 0.2) is 72.8 Å². The molecular formula is C29H32N2O4. The minimum Gasteiger partial charge on any atom is -0.480 e. The number of carbonyl (C=O) groups is 3. The van der Waals surface area contributed by atoms with Crippen molar-refractivity contribution in [1.82, 2.24) is 4.90 Å². The zero-order valence-corrected chi connectivity index (χ0v) is 20.7. The first-order valence-electron chi connectivity index (χ1n) is 11.8. The SMILES string of the molecule is CCCCc1ccc(C(=O)Nc2ccc(-c3ccc(C(=O)N(C)C(C)(C)C(=O)O)cc3)cc2)cc1. The minimum atomic E-state index is -1.31. The van der Waals surface area contributed by atoms with Gasteiger partial charge < -0.3 is 15.3 Å². The molecule has 0 aliphatic carbocycles. The lowest BCUT2D eigenvalue weighted by atomic mass is 10.0. The number of anilines is 1. The van der Waals surface area contributed by atoms with E-state index >= 15 is 0 Å². The molecule has 0 aromatic heterocycles. The Balaban J connectivity index is 1.65. The summed E-state index contributed by atoms with van der Waals surface area (Å²) in [6.07, 6.45) is 3.30. The summed E-state index contributed by atoms with van der Waals surface area (Å²) in [5.74, 6) is -1.59. The van der Waals surface area contributed by atoms with Crippen molar-refractivity contribution >= 4 is 23.5 Å². The lowest BCUT2D eigenvalue weighted by Crippen LogP contribution is -2.50. The molecule has 2 N–H and O–H groups in total.